The molecule has 0 saturated heterocycles. The zero-order valence-electron chi connectivity index (χ0n) is 13.7. The van der Waals surface area contributed by atoms with Crippen molar-refractivity contribution in [3.63, 3.8) is 0 Å². The highest BCUT2D eigenvalue weighted by Crippen LogP contribution is 2.28. The lowest BCUT2D eigenvalue weighted by molar-refractivity contribution is 0.0982. The maximum Gasteiger partial charge on any atom is 0.210 e. The highest BCUT2D eigenvalue weighted by Gasteiger charge is 2.14. The van der Waals surface area contributed by atoms with Crippen molar-refractivity contribution in [1.82, 2.24) is 14.9 Å². The van der Waals surface area contributed by atoms with Crippen molar-refractivity contribution in [3.05, 3.63) is 64.4 Å². The van der Waals surface area contributed by atoms with Gasteiger partial charge < -0.3 is 5.84 Å². The van der Waals surface area contributed by atoms with Crippen molar-refractivity contribution < 1.29 is 9.18 Å². The molecule has 2 aromatic carbocycles. The van der Waals surface area contributed by atoms with Gasteiger partial charge in [-0.2, -0.15) is 0 Å². The molecule has 0 aliphatic heterocycles. The van der Waals surface area contributed by atoms with Gasteiger partial charge in [0.1, 0.15) is 5.82 Å². The summed E-state index contributed by atoms with van der Waals surface area (Å²) in [6.07, 6.45) is 1.05. The lowest BCUT2D eigenvalue weighted by atomic mass is 10.1. The second-order valence-corrected chi connectivity index (χ2v) is 7.45. The molecule has 0 aliphatic carbocycles. The molecule has 1 aromatic heterocycles. The number of benzene rings is 2. The molecule has 0 aliphatic rings. The summed E-state index contributed by atoms with van der Waals surface area (Å²) in [7, 11) is 0. The SMILES string of the molecule is Nn1c(SCCCC(=O)c2ccc(F)cc2)nnc1-c1ccccc1Br. The van der Waals surface area contributed by atoms with E-state index in [1.807, 2.05) is 24.3 Å². The van der Waals surface area contributed by atoms with E-state index < -0.39 is 0 Å². The normalized spacial score (nSPS) is 10.8. The fraction of sp³-hybridized carbons (Fsp3) is 0.167. The molecular weight excluding hydrogens is 419 g/mol. The lowest BCUT2D eigenvalue weighted by Crippen LogP contribution is -2.12. The van der Waals surface area contributed by atoms with Gasteiger partial charge in [-0.25, -0.2) is 9.07 Å². The van der Waals surface area contributed by atoms with Crippen LogP contribution in [0.15, 0.2) is 58.2 Å². The monoisotopic (exact) mass is 434 g/mol. The summed E-state index contributed by atoms with van der Waals surface area (Å²) < 4.78 is 15.2. The van der Waals surface area contributed by atoms with E-state index in [2.05, 4.69) is 26.1 Å². The highest BCUT2D eigenvalue weighted by atomic mass is 79.9. The molecule has 0 amide bonds. The molecule has 0 spiro atoms. The number of halogens is 2. The highest BCUT2D eigenvalue weighted by molar-refractivity contribution is 9.10. The van der Waals surface area contributed by atoms with Crippen LogP contribution in [0.4, 0.5) is 4.39 Å². The molecule has 5 nitrogen and oxygen atoms in total. The number of hydrogen-bond acceptors (Lipinski definition) is 5. The third kappa shape index (κ3) is 4.31. The third-order valence-electron chi connectivity index (χ3n) is 3.72. The number of carbonyl (C=O) groups is 1. The zero-order valence-corrected chi connectivity index (χ0v) is 16.1. The van der Waals surface area contributed by atoms with Gasteiger partial charge in [-0.05, 0) is 42.8 Å². The second kappa shape index (κ2) is 8.46. The number of carbonyl (C=O) groups excluding carboxylic acids is 1. The number of rotatable bonds is 7. The summed E-state index contributed by atoms with van der Waals surface area (Å²) in [6, 6.07) is 13.2. The van der Waals surface area contributed by atoms with Gasteiger partial charge >= 0.3 is 0 Å². The molecule has 0 unspecified atom stereocenters. The quantitative estimate of drug-likeness (QED) is 0.259. The Bertz CT molecular complexity index is 914. The van der Waals surface area contributed by atoms with E-state index in [4.69, 9.17) is 5.84 Å². The van der Waals surface area contributed by atoms with Crippen LogP contribution in [0, 0.1) is 5.82 Å². The summed E-state index contributed by atoms with van der Waals surface area (Å²) in [5, 5.41) is 8.86. The van der Waals surface area contributed by atoms with E-state index in [1.165, 1.54) is 40.7 Å². The van der Waals surface area contributed by atoms with Crippen LogP contribution in [0.5, 0.6) is 0 Å². The fourth-order valence-corrected chi connectivity index (χ4v) is 3.64. The minimum Gasteiger partial charge on any atom is -0.335 e. The molecule has 3 aromatic rings. The van der Waals surface area contributed by atoms with Crippen LogP contribution in [0.25, 0.3) is 11.4 Å². The van der Waals surface area contributed by atoms with Crippen LogP contribution in [0.1, 0.15) is 23.2 Å². The van der Waals surface area contributed by atoms with Crippen LogP contribution < -0.4 is 5.84 Å². The predicted octanol–water partition coefficient (Wildman–Crippen LogP) is 4.32. The first-order valence-corrected chi connectivity index (χ1v) is 9.71. The van der Waals surface area contributed by atoms with Crippen LogP contribution in [0.2, 0.25) is 0 Å². The van der Waals surface area contributed by atoms with Gasteiger partial charge in [-0.1, -0.05) is 39.8 Å². The van der Waals surface area contributed by atoms with Gasteiger partial charge in [0.25, 0.3) is 0 Å². The minimum atomic E-state index is -0.347. The number of ketones is 1. The Morgan fingerprint density at radius 3 is 2.62 bits per heavy atom. The Morgan fingerprint density at radius 2 is 1.88 bits per heavy atom. The first-order chi connectivity index (χ1) is 12.6. The van der Waals surface area contributed by atoms with E-state index in [0.29, 0.717) is 35.1 Å². The largest absolute Gasteiger partial charge is 0.335 e. The lowest BCUT2D eigenvalue weighted by Gasteiger charge is -2.05. The summed E-state index contributed by atoms with van der Waals surface area (Å²) in [4.78, 5) is 12.1. The average Bonchev–Trinajstić information content (AvgIpc) is 3.00. The number of nitrogens with zero attached hydrogens (tertiary/aromatic N) is 3. The van der Waals surface area contributed by atoms with Gasteiger partial charge in [0.2, 0.25) is 5.16 Å². The molecule has 0 saturated carbocycles. The van der Waals surface area contributed by atoms with Crippen molar-refractivity contribution in [2.75, 3.05) is 11.6 Å². The van der Waals surface area contributed by atoms with Crippen LogP contribution in [-0.4, -0.2) is 26.4 Å². The first kappa shape index (κ1) is 18.6. The molecule has 2 N–H and O–H groups in total. The van der Waals surface area contributed by atoms with E-state index in [9.17, 15) is 9.18 Å². The number of nitrogens with two attached hydrogens (primary N) is 1. The van der Waals surface area contributed by atoms with Crippen molar-refractivity contribution in [1.29, 1.82) is 0 Å². The molecular formula is C18H16BrFN4OS. The standard InChI is InChI=1S/C18H16BrFN4OS/c19-15-5-2-1-4-14(15)17-22-23-18(24(17)21)26-11-3-6-16(25)12-7-9-13(20)10-8-12/h1-2,4-5,7-10H,3,6,11,21H2. The van der Waals surface area contributed by atoms with Gasteiger partial charge in [-0.3, -0.25) is 4.79 Å². The van der Waals surface area contributed by atoms with Crippen LogP contribution in [0.3, 0.4) is 0 Å². The topological polar surface area (TPSA) is 73.8 Å². The molecule has 1 heterocycles. The smallest absolute Gasteiger partial charge is 0.210 e. The van der Waals surface area contributed by atoms with E-state index in [1.54, 1.807) is 0 Å². The van der Waals surface area contributed by atoms with Gasteiger partial charge in [-0.15, -0.1) is 10.2 Å². The van der Waals surface area contributed by atoms with Gasteiger partial charge in [0, 0.05) is 27.8 Å². The predicted molar refractivity (Wildman–Crippen MR) is 104 cm³/mol. The fourth-order valence-electron chi connectivity index (χ4n) is 2.38. The molecule has 134 valence electrons. The Hall–Kier alpha value is -2.19. The molecule has 8 heteroatoms. The maximum absolute atomic E-state index is 12.9. The summed E-state index contributed by atoms with van der Waals surface area (Å²) in [6.45, 7) is 0. The van der Waals surface area contributed by atoms with Crippen LogP contribution >= 0.6 is 27.7 Å². The van der Waals surface area contributed by atoms with Crippen molar-refractivity contribution in [2.24, 2.45) is 0 Å². The first-order valence-electron chi connectivity index (χ1n) is 7.93. The Balaban J connectivity index is 1.55. The Morgan fingerprint density at radius 1 is 1.15 bits per heavy atom. The summed E-state index contributed by atoms with van der Waals surface area (Å²) in [5.74, 6) is 7.00. The van der Waals surface area contributed by atoms with Gasteiger partial charge in [0.05, 0.1) is 0 Å². The summed E-state index contributed by atoms with van der Waals surface area (Å²) in [5.41, 5.74) is 1.38. The molecule has 0 bridgehead atoms. The van der Waals surface area contributed by atoms with Crippen molar-refractivity contribution >= 4 is 33.5 Å². The molecule has 0 fully saturated rings. The van der Waals surface area contributed by atoms with Gasteiger partial charge in [0.15, 0.2) is 11.6 Å². The van der Waals surface area contributed by atoms with E-state index in [-0.39, 0.29) is 11.6 Å². The molecule has 3 rings (SSSR count). The Labute approximate surface area is 162 Å². The maximum atomic E-state index is 12.9. The number of hydrogen-bond donors (Lipinski definition) is 1. The van der Waals surface area contributed by atoms with E-state index in [0.717, 1.165) is 10.0 Å². The number of thioether (sulfide) groups is 1. The minimum absolute atomic E-state index is 0.00581. The third-order valence-corrected chi connectivity index (χ3v) is 5.45. The number of nitrogen functional groups attached to an aromatic ring is 1. The van der Waals surface area contributed by atoms with Crippen molar-refractivity contribution in [3.8, 4) is 11.4 Å². The number of aromatic nitrogens is 3. The molecule has 0 atom stereocenters. The molecule has 26 heavy (non-hydrogen) atoms. The average molecular weight is 435 g/mol. The van der Waals surface area contributed by atoms with Crippen molar-refractivity contribution in [2.45, 2.75) is 18.0 Å². The Kier molecular flexibility index (Phi) is 6.05. The zero-order chi connectivity index (χ0) is 18.5. The second-order valence-electron chi connectivity index (χ2n) is 5.54. The summed E-state index contributed by atoms with van der Waals surface area (Å²) >= 11 is 4.92. The van der Waals surface area contributed by atoms with Crippen LogP contribution in [-0.2, 0) is 0 Å². The van der Waals surface area contributed by atoms with E-state index >= 15 is 0 Å². The number of Topliss-reactive ketones (excluding diaryl/α,β-unsaturated/α-hetero) is 1. The molecule has 0 radical (unpaired) electrons.